The topological polar surface area (TPSA) is 64.3 Å². The molecule has 0 saturated carbocycles. The summed E-state index contributed by atoms with van der Waals surface area (Å²) in [6, 6.07) is 1.52. The first-order chi connectivity index (χ1) is 8.06. The molecule has 0 aromatic carbocycles. The quantitative estimate of drug-likeness (QED) is 0.805. The van der Waals surface area contributed by atoms with Crippen LogP contribution >= 0.6 is 0 Å². The van der Waals surface area contributed by atoms with Gasteiger partial charge in [0, 0.05) is 19.2 Å². The van der Waals surface area contributed by atoms with Gasteiger partial charge in [0.2, 0.25) is 5.88 Å². The number of methoxy groups -OCH3 is 1. The van der Waals surface area contributed by atoms with E-state index in [9.17, 15) is 8.78 Å². The Labute approximate surface area is 98.6 Å². The van der Waals surface area contributed by atoms with Crippen LogP contribution in [0.25, 0.3) is 0 Å². The average molecular weight is 246 g/mol. The van der Waals surface area contributed by atoms with Crippen molar-refractivity contribution in [3.05, 3.63) is 11.9 Å². The fourth-order valence-corrected chi connectivity index (χ4v) is 1.41. The van der Waals surface area contributed by atoms with Gasteiger partial charge in [-0.3, -0.25) is 0 Å². The maximum absolute atomic E-state index is 12.4. The second kappa shape index (κ2) is 6.29. The van der Waals surface area contributed by atoms with Crippen molar-refractivity contribution in [2.24, 2.45) is 5.73 Å². The van der Waals surface area contributed by atoms with Crippen molar-refractivity contribution < 1.29 is 13.5 Å². The van der Waals surface area contributed by atoms with E-state index in [0.717, 1.165) is 0 Å². The number of anilines is 1. The van der Waals surface area contributed by atoms with Gasteiger partial charge in [-0.1, -0.05) is 0 Å². The number of rotatable bonds is 6. The van der Waals surface area contributed by atoms with Crippen molar-refractivity contribution in [3.63, 3.8) is 0 Å². The SMILES string of the molecule is COc1cc(N(CCN)CC(F)F)nc(C)n1. The van der Waals surface area contributed by atoms with Crippen LogP contribution in [0.15, 0.2) is 6.07 Å². The highest BCUT2D eigenvalue weighted by molar-refractivity contribution is 5.41. The monoisotopic (exact) mass is 246 g/mol. The van der Waals surface area contributed by atoms with Gasteiger partial charge in [0.25, 0.3) is 6.43 Å². The Balaban J connectivity index is 2.95. The van der Waals surface area contributed by atoms with E-state index >= 15 is 0 Å². The molecule has 0 amide bonds. The standard InChI is InChI=1S/C10H16F2N4O/c1-7-14-9(5-10(15-7)17-2)16(4-3-13)6-8(11)12/h5,8H,3-4,6,13H2,1-2H3. The molecule has 2 N–H and O–H groups in total. The third-order valence-electron chi connectivity index (χ3n) is 2.09. The van der Waals surface area contributed by atoms with Gasteiger partial charge in [-0.2, -0.15) is 4.98 Å². The Bertz CT molecular complexity index is 362. The minimum Gasteiger partial charge on any atom is -0.481 e. The Morgan fingerprint density at radius 2 is 2.18 bits per heavy atom. The molecule has 0 saturated heterocycles. The molecular weight excluding hydrogens is 230 g/mol. The largest absolute Gasteiger partial charge is 0.481 e. The maximum atomic E-state index is 12.4. The lowest BCUT2D eigenvalue weighted by Gasteiger charge is -2.22. The summed E-state index contributed by atoms with van der Waals surface area (Å²) in [4.78, 5) is 9.51. The van der Waals surface area contributed by atoms with Gasteiger partial charge in [-0.15, -0.1) is 0 Å². The molecular formula is C10H16F2N4O. The van der Waals surface area contributed by atoms with Gasteiger partial charge in [-0.05, 0) is 6.92 Å². The molecule has 0 fully saturated rings. The number of aromatic nitrogens is 2. The molecule has 1 aromatic heterocycles. The third-order valence-corrected chi connectivity index (χ3v) is 2.09. The zero-order valence-corrected chi connectivity index (χ0v) is 9.86. The molecule has 17 heavy (non-hydrogen) atoms. The van der Waals surface area contributed by atoms with Crippen LogP contribution in [-0.4, -0.2) is 43.1 Å². The minimum absolute atomic E-state index is 0.276. The summed E-state index contributed by atoms with van der Waals surface area (Å²) in [7, 11) is 1.46. The Morgan fingerprint density at radius 1 is 1.47 bits per heavy atom. The second-order valence-corrected chi connectivity index (χ2v) is 3.44. The number of hydrogen-bond acceptors (Lipinski definition) is 5. The summed E-state index contributed by atoms with van der Waals surface area (Å²) in [6.07, 6.45) is -2.44. The minimum atomic E-state index is -2.44. The number of hydrogen-bond donors (Lipinski definition) is 1. The van der Waals surface area contributed by atoms with E-state index in [1.54, 1.807) is 6.92 Å². The predicted molar refractivity (Wildman–Crippen MR) is 60.6 cm³/mol. The zero-order chi connectivity index (χ0) is 12.8. The van der Waals surface area contributed by atoms with Gasteiger partial charge >= 0.3 is 0 Å². The maximum Gasteiger partial charge on any atom is 0.255 e. The predicted octanol–water partition coefficient (Wildman–Crippen LogP) is 0.824. The molecule has 1 rings (SSSR count). The average Bonchev–Trinajstić information content (AvgIpc) is 2.27. The van der Waals surface area contributed by atoms with Crippen LogP contribution in [0, 0.1) is 6.92 Å². The zero-order valence-electron chi connectivity index (χ0n) is 9.86. The first kappa shape index (κ1) is 13.6. The molecule has 0 atom stereocenters. The number of ether oxygens (including phenoxy) is 1. The van der Waals surface area contributed by atoms with Gasteiger partial charge in [0.15, 0.2) is 0 Å². The number of nitrogens with two attached hydrogens (primary N) is 1. The summed E-state index contributed by atoms with van der Waals surface area (Å²) >= 11 is 0. The molecule has 0 spiro atoms. The molecule has 0 bridgehead atoms. The summed E-state index contributed by atoms with van der Waals surface area (Å²) in [5, 5.41) is 0. The summed E-state index contributed by atoms with van der Waals surface area (Å²) in [5.41, 5.74) is 5.39. The molecule has 0 aliphatic carbocycles. The number of alkyl halides is 2. The molecule has 7 heteroatoms. The number of aryl methyl sites for hydroxylation is 1. The molecule has 1 aromatic rings. The van der Waals surface area contributed by atoms with Gasteiger partial charge < -0.3 is 15.4 Å². The highest BCUT2D eigenvalue weighted by Crippen LogP contribution is 2.17. The highest BCUT2D eigenvalue weighted by atomic mass is 19.3. The van der Waals surface area contributed by atoms with Crippen LogP contribution in [0.5, 0.6) is 5.88 Å². The van der Waals surface area contributed by atoms with Crippen molar-refractivity contribution in [2.45, 2.75) is 13.3 Å². The lowest BCUT2D eigenvalue weighted by molar-refractivity contribution is 0.154. The Morgan fingerprint density at radius 3 is 2.71 bits per heavy atom. The molecule has 0 radical (unpaired) electrons. The second-order valence-electron chi connectivity index (χ2n) is 3.44. The van der Waals surface area contributed by atoms with E-state index in [2.05, 4.69) is 9.97 Å². The smallest absolute Gasteiger partial charge is 0.255 e. The van der Waals surface area contributed by atoms with Gasteiger partial charge in [0.1, 0.15) is 11.6 Å². The van der Waals surface area contributed by atoms with Crippen LogP contribution in [0.2, 0.25) is 0 Å². The fourth-order valence-electron chi connectivity index (χ4n) is 1.41. The molecule has 0 aliphatic heterocycles. The van der Waals surface area contributed by atoms with Gasteiger partial charge in [-0.25, -0.2) is 13.8 Å². The molecule has 1 heterocycles. The van der Waals surface area contributed by atoms with Crippen LogP contribution in [0.3, 0.4) is 0 Å². The van der Waals surface area contributed by atoms with Crippen molar-refractivity contribution in [1.82, 2.24) is 9.97 Å². The lowest BCUT2D eigenvalue weighted by Crippen LogP contribution is -2.34. The summed E-state index contributed by atoms with van der Waals surface area (Å²) < 4.78 is 29.8. The summed E-state index contributed by atoms with van der Waals surface area (Å²) in [5.74, 6) is 1.22. The number of halogens is 2. The van der Waals surface area contributed by atoms with E-state index in [0.29, 0.717) is 24.1 Å². The third kappa shape index (κ3) is 4.10. The molecule has 5 nitrogen and oxygen atoms in total. The molecule has 96 valence electrons. The Kier molecular flexibility index (Phi) is 5.02. The highest BCUT2D eigenvalue weighted by Gasteiger charge is 2.15. The lowest BCUT2D eigenvalue weighted by atomic mass is 10.4. The van der Waals surface area contributed by atoms with Crippen LogP contribution in [-0.2, 0) is 0 Å². The van der Waals surface area contributed by atoms with Gasteiger partial charge in [0.05, 0.1) is 13.7 Å². The first-order valence-electron chi connectivity index (χ1n) is 5.19. The van der Waals surface area contributed by atoms with Crippen LogP contribution < -0.4 is 15.4 Å². The fraction of sp³-hybridized carbons (Fsp3) is 0.600. The van der Waals surface area contributed by atoms with E-state index < -0.39 is 13.0 Å². The van der Waals surface area contributed by atoms with Crippen molar-refractivity contribution in [2.75, 3.05) is 31.6 Å². The van der Waals surface area contributed by atoms with E-state index in [1.165, 1.54) is 18.1 Å². The Hall–Kier alpha value is -1.50. The molecule has 0 aliphatic rings. The summed E-state index contributed by atoms with van der Waals surface area (Å²) in [6.45, 7) is 1.86. The van der Waals surface area contributed by atoms with Crippen LogP contribution in [0.4, 0.5) is 14.6 Å². The molecule has 0 unspecified atom stereocenters. The van der Waals surface area contributed by atoms with Crippen molar-refractivity contribution >= 4 is 5.82 Å². The van der Waals surface area contributed by atoms with Crippen molar-refractivity contribution in [3.8, 4) is 5.88 Å². The van der Waals surface area contributed by atoms with E-state index in [1.807, 2.05) is 0 Å². The van der Waals surface area contributed by atoms with Crippen LogP contribution in [0.1, 0.15) is 5.82 Å². The number of nitrogens with zero attached hydrogens (tertiary/aromatic N) is 3. The van der Waals surface area contributed by atoms with E-state index in [-0.39, 0.29) is 6.54 Å². The van der Waals surface area contributed by atoms with E-state index in [4.69, 9.17) is 10.5 Å². The first-order valence-corrected chi connectivity index (χ1v) is 5.19. The normalized spacial score (nSPS) is 10.7. The van der Waals surface area contributed by atoms with Crippen molar-refractivity contribution in [1.29, 1.82) is 0 Å².